The number of sulfonamides is 1. The molecule has 1 aromatic heterocycles. The van der Waals surface area contributed by atoms with Crippen molar-refractivity contribution >= 4 is 15.9 Å². The molecule has 140 valence electrons. The standard InChI is InChI=1S/C16H19FN4O4S/c1-26(23,24)21-8-6-12(7-9-21)16(22)18-10-14-19-15(20-25-14)11-2-4-13(17)5-3-11/h2-5,12H,6-10H2,1H3,(H,18,22). The van der Waals surface area contributed by atoms with Crippen molar-refractivity contribution in [3.8, 4) is 11.4 Å². The summed E-state index contributed by atoms with van der Waals surface area (Å²) < 4.78 is 42.4. The van der Waals surface area contributed by atoms with Gasteiger partial charge in [0.1, 0.15) is 5.82 Å². The van der Waals surface area contributed by atoms with Crippen LogP contribution < -0.4 is 5.32 Å². The van der Waals surface area contributed by atoms with E-state index >= 15 is 0 Å². The number of hydrogen-bond donors (Lipinski definition) is 1. The normalized spacial score (nSPS) is 16.5. The molecule has 8 nitrogen and oxygen atoms in total. The summed E-state index contributed by atoms with van der Waals surface area (Å²) in [6, 6.07) is 5.68. The maximum atomic E-state index is 12.9. The Bertz CT molecular complexity index is 874. The molecule has 1 amide bonds. The number of piperidine rings is 1. The molecule has 0 atom stereocenters. The summed E-state index contributed by atoms with van der Waals surface area (Å²) >= 11 is 0. The molecule has 2 aromatic rings. The Morgan fingerprint density at radius 1 is 1.31 bits per heavy atom. The smallest absolute Gasteiger partial charge is 0.246 e. The van der Waals surface area contributed by atoms with Crippen molar-refractivity contribution in [3.63, 3.8) is 0 Å². The predicted molar refractivity (Wildman–Crippen MR) is 90.7 cm³/mol. The molecule has 0 radical (unpaired) electrons. The predicted octanol–water partition coefficient (Wildman–Crippen LogP) is 1.16. The van der Waals surface area contributed by atoms with Gasteiger partial charge >= 0.3 is 0 Å². The number of hydrogen-bond acceptors (Lipinski definition) is 6. The van der Waals surface area contributed by atoms with E-state index in [-0.39, 0.29) is 30.1 Å². The van der Waals surface area contributed by atoms with E-state index in [9.17, 15) is 17.6 Å². The molecule has 0 saturated carbocycles. The third-order valence-corrected chi connectivity index (χ3v) is 5.58. The van der Waals surface area contributed by atoms with Crippen LogP contribution in [0.5, 0.6) is 0 Å². The number of carbonyl (C=O) groups is 1. The second-order valence-electron chi connectivity index (χ2n) is 6.17. The molecule has 3 rings (SSSR count). The van der Waals surface area contributed by atoms with Gasteiger partial charge in [0.25, 0.3) is 0 Å². The lowest BCUT2D eigenvalue weighted by molar-refractivity contribution is -0.126. The maximum absolute atomic E-state index is 12.9. The molecule has 1 fully saturated rings. The van der Waals surface area contributed by atoms with Crippen LogP contribution in [-0.2, 0) is 21.4 Å². The van der Waals surface area contributed by atoms with Gasteiger partial charge in [-0.15, -0.1) is 0 Å². The zero-order chi connectivity index (χ0) is 18.7. The Morgan fingerprint density at radius 3 is 2.58 bits per heavy atom. The summed E-state index contributed by atoms with van der Waals surface area (Å²) in [6.07, 6.45) is 2.12. The molecule has 1 saturated heterocycles. The molecule has 1 aliphatic rings. The Hall–Kier alpha value is -2.33. The number of aromatic nitrogens is 2. The van der Waals surface area contributed by atoms with Crippen LogP contribution in [0.2, 0.25) is 0 Å². The molecule has 26 heavy (non-hydrogen) atoms. The van der Waals surface area contributed by atoms with E-state index in [0.717, 1.165) is 0 Å². The van der Waals surface area contributed by atoms with Crippen molar-refractivity contribution in [1.82, 2.24) is 19.8 Å². The Labute approximate surface area is 150 Å². The first-order valence-corrected chi connectivity index (χ1v) is 9.99. The number of carbonyl (C=O) groups excluding carboxylic acids is 1. The molecule has 1 N–H and O–H groups in total. The Balaban J connectivity index is 1.52. The average Bonchev–Trinajstić information content (AvgIpc) is 3.08. The van der Waals surface area contributed by atoms with Crippen LogP contribution in [0, 0.1) is 11.7 Å². The minimum absolute atomic E-state index is 0.0827. The third-order valence-electron chi connectivity index (χ3n) is 4.28. The zero-order valence-corrected chi connectivity index (χ0v) is 15.0. The van der Waals surface area contributed by atoms with Crippen molar-refractivity contribution in [2.75, 3.05) is 19.3 Å². The van der Waals surface area contributed by atoms with Crippen molar-refractivity contribution in [1.29, 1.82) is 0 Å². The van der Waals surface area contributed by atoms with Crippen molar-refractivity contribution in [3.05, 3.63) is 36.0 Å². The molecule has 0 bridgehead atoms. The first kappa shape index (κ1) is 18.5. The van der Waals surface area contributed by atoms with Crippen LogP contribution in [0.1, 0.15) is 18.7 Å². The van der Waals surface area contributed by atoms with E-state index in [0.29, 0.717) is 37.3 Å². The Morgan fingerprint density at radius 2 is 1.96 bits per heavy atom. The molecule has 0 aliphatic carbocycles. The molecule has 1 aliphatic heterocycles. The van der Waals surface area contributed by atoms with Crippen LogP contribution >= 0.6 is 0 Å². The van der Waals surface area contributed by atoms with Gasteiger partial charge in [-0.05, 0) is 37.1 Å². The zero-order valence-electron chi connectivity index (χ0n) is 14.2. The Kier molecular flexibility index (Phi) is 5.33. The van der Waals surface area contributed by atoms with Crippen molar-refractivity contribution in [2.24, 2.45) is 5.92 Å². The van der Waals surface area contributed by atoms with Gasteiger partial charge in [-0.2, -0.15) is 4.98 Å². The number of nitrogens with zero attached hydrogens (tertiary/aromatic N) is 3. The molecule has 10 heteroatoms. The van der Waals surface area contributed by atoms with Gasteiger partial charge in [0, 0.05) is 24.6 Å². The first-order valence-electron chi connectivity index (χ1n) is 8.14. The highest BCUT2D eigenvalue weighted by atomic mass is 32.2. The maximum Gasteiger partial charge on any atom is 0.246 e. The third kappa shape index (κ3) is 4.44. The van der Waals surface area contributed by atoms with E-state index in [4.69, 9.17) is 4.52 Å². The molecule has 2 heterocycles. The van der Waals surface area contributed by atoms with Crippen molar-refractivity contribution < 1.29 is 22.1 Å². The van der Waals surface area contributed by atoms with Crippen LogP contribution in [0.3, 0.4) is 0 Å². The number of nitrogens with one attached hydrogen (secondary N) is 1. The fourth-order valence-corrected chi connectivity index (χ4v) is 3.67. The summed E-state index contributed by atoms with van der Waals surface area (Å²) in [5, 5.41) is 6.54. The monoisotopic (exact) mass is 382 g/mol. The largest absolute Gasteiger partial charge is 0.347 e. The molecular weight excluding hydrogens is 363 g/mol. The van der Waals surface area contributed by atoms with Crippen LogP contribution in [-0.4, -0.2) is 48.1 Å². The number of benzene rings is 1. The van der Waals surface area contributed by atoms with E-state index in [1.807, 2.05) is 0 Å². The summed E-state index contributed by atoms with van der Waals surface area (Å²) in [5.41, 5.74) is 0.612. The second-order valence-corrected chi connectivity index (χ2v) is 8.16. The summed E-state index contributed by atoms with van der Waals surface area (Å²) in [6.45, 7) is 0.762. The van der Waals surface area contributed by atoms with Crippen LogP contribution in [0.15, 0.2) is 28.8 Å². The van der Waals surface area contributed by atoms with Gasteiger partial charge in [-0.1, -0.05) is 5.16 Å². The molecule has 0 unspecified atom stereocenters. The van der Waals surface area contributed by atoms with E-state index < -0.39 is 10.0 Å². The average molecular weight is 382 g/mol. The number of amides is 1. The van der Waals surface area contributed by atoms with Crippen LogP contribution in [0.25, 0.3) is 11.4 Å². The lowest BCUT2D eigenvalue weighted by Crippen LogP contribution is -2.42. The minimum atomic E-state index is -3.21. The van der Waals surface area contributed by atoms with Gasteiger partial charge in [-0.3, -0.25) is 4.79 Å². The highest BCUT2D eigenvalue weighted by molar-refractivity contribution is 7.88. The van der Waals surface area contributed by atoms with E-state index in [2.05, 4.69) is 15.5 Å². The summed E-state index contributed by atoms with van der Waals surface area (Å²) in [4.78, 5) is 16.4. The molecule has 0 spiro atoms. The fourth-order valence-electron chi connectivity index (χ4n) is 2.80. The van der Waals surface area contributed by atoms with Gasteiger partial charge in [0.2, 0.25) is 27.6 Å². The first-order chi connectivity index (χ1) is 12.3. The van der Waals surface area contributed by atoms with E-state index in [1.54, 1.807) is 0 Å². The lowest BCUT2D eigenvalue weighted by atomic mass is 9.97. The summed E-state index contributed by atoms with van der Waals surface area (Å²) in [7, 11) is -3.21. The quantitative estimate of drug-likeness (QED) is 0.832. The van der Waals surface area contributed by atoms with E-state index in [1.165, 1.54) is 34.8 Å². The highest BCUT2D eigenvalue weighted by Crippen LogP contribution is 2.20. The summed E-state index contributed by atoms with van der Waals surface area (Å²) in [5.74, 6) is -0.208. The molecular formula is C16H19FN4O4S. The topological polar surface area (TPSA) is 105 Å². The SMILES string of the molecule is CS(=O)(=O)N1CCC(C(=O)NCc2nc(-c3ccc(F)cc3)no2)CC1. The number of halogens is 1. The lowest BCUT2D eigenvalue weighted by Gasteiger charge is -2.29. The van der Waals surface area contributed by atoms with Gasteiger partial charge < -0.3 is 9.84 Å². The highest BCUT2D eigenvalue weighted by Gasteiger charge is 2.28. The van der Waals surface area contributed by atoms with Gasteiger partial charge in [0.15, 0.2) is 0 Å². The van der Waals surface area contributed by atoms with Gasteiger partial charge in [0.05, 0.1) is 12.8 Å². The van der Waals surface area contributed by atoms with Gasteiger partial charge in [-0.25, -0.2) is 17.1 Å². The fraction of sp³-hybridized carbons (Fsp3) is 0.438. The molecule has 1 aromatic carbocycles. The number of rotatable bonds is 5. The van der Waals surface area contributed by atoms with Crippen LogP contribution in [0.4, 0.5) is 4.39 Å². The second kappa shape index (κ2) is 7.50. The minimum Gasteiger partial charge on any atom is -0.347 e. The van der Waals surface area contributed by atoms with Crippen molar-refractivity contribution in [2.45, 2.75) is 19.4 Å².